The van der Waals surface area contributed by atoms with Crippen LogP contribution < -0.4 is 4.74 Å². The van der Waals surface area contributed by atoms with Gasteiger partial charge in [-0.05, 0) is 37.3 Å². The highest BCUT2D eigenvalue weighted by Gasteiger charge is 2.21. The van der Waals surface area contributed by atoms with Gasteiger partial charge in [-0.3, -0.25) is 4.79 Å². The number of hydrogen-bond donors (Lipinski definition) is 0. The molecule has 0 heterocycles. The number of rotatable bonds is 5. The molecule has 124 valence electrons. The second-order valence-corrected chi connectivity index (χ2v) is 5.70. The molecule has 0 saturated heterocycles. The van der Waals surface area contributed by atoms with Gasteiger partial charge in [-0.2, -0.15) is 5.26 Å². The van der Waals surface area contributed by atoms with Crippen molar-refractivity contribution < 1.29 is 13.9 Å². The molecule has 0 aliphatic carbocycles. The zero-order valence-corrected chi connectivity index (χ0v) is 14.0. The molecule has 0 fully saturated rings. The van der Waals surface area contributed by atoms with Crippen molar-refractivity contribution >= 4 is 17.5 Å². The van der Waals surface area contributed by atoms with E-state index in [2.05, 4.69) is 0 Å². The Morgan fingerprint density at radius 3 is 2.75 bits per heavy atom. The van der Waals surface area contributed by atoms with Gasteiger partial charge in [0.05, 0.1) is 11.6 Å². The number of hydrogen-bond acceptors (Lipinski definition) is 3. The van der Waals surface area contributed by atoms with E-state index in [9.17, 15) is 9.18 Å². The molecule has 0 bridgehead atoms. The molecular weight excluding hydrogens is 331 g/mol. The Kier molecular flexibility index (Phi) is 5.78. The summed E-state index contributed by atoms with van der Waals surface area (Å²) in [6.07, 6.45) is -0.783. The predicted molar refractivity (Wildman–Crippen MR) is 89.1 cm³/mol. The molecule has 6 heteroatoms. The van der Waals surface area contributed by atoms with Gasteiger partial charge in [0.15, 0.2) is 6.10 Å². The molecule has 24 heavy (non-hydrogen) atoms. The van der Waals surface area contributed by atoms with Crippen LogP contribution in [0.5, 0.6) is 5.75 Å². The maximum atomic E-state index is 13.8. The highest BCUT2D eigenvalue weighted by molar-refractivity contribution is 6.31. The van der Waals surface area contributed by atoms with E-state index >= 15 is 0 Å². The van der Waals surface area contributed by atoms with Crippen molar-refractivity contribution in [3.8, 4) is 11.8 Å². The first-order valence-corrected chi connectivity index (χ1v) is 7.65. The summed E-state index contributed by atoms with van der Waals surface area (Å²) < 4.78 is 19.4. The van der Waals surface area contributed by atoms with E-state index in [0.29, 0.717) is 11.3 Å². The number of ether oxygens (including phenoxy) is 1. The van der Waals surface area contributed by atoms with Crippen LogP contribution in [-0.4, -0.2) is 24.0 Å². The van der Waals surface area contributed by atoms with Gasteiger partial charge in [0.2, 0.25) is 0 Å². The number of amides is 1. The first-order valence-electron chi connectivity index (χ1n) is 7.27. The Morgan fingerprint density at radius 1 is 1.38 bits per heavy atom. The fraction of sp³-hybridized carbons (Fsp3) is 0.222. The molecule has 0 radical (unpaired) electrons. The lowest BCUT2D eigenvalue weighted by Gasteiger charge is -2.23. The van der Waals surface area contributed by atoms with Gasteiger partial charge in [0.1, 0.15) is 11.6 Å². The Balaban J connectivity index is 2.05. The summed E-state index contributed by atoms with van der Waals surface area (Å²) in [7, 11) is 1.55. The van der Waals surface area contributed by atoms with E-state index in [0.717, 1.165) is 0 Å². The average Bonchev–Trinajstić information content (AvgIpc) is 2.57. The number of benzene rings is 2. The lowest BCUT2D eigenvalue weighted by atomic mass is 10.2. The molecule has 2 aromatic rings. The van der Waals surface area contributed by atoms with Crippen molar-refractivity contribution in [2.75, 3.05) is 7.05 Å². The third kappa shape index (κ3) is 4.24. The van der Waals surface area contributed by atoms with Gasteiger partial charge >= 0.3 is 0 Å². The van der Waals surface area contributed by atoms with Crippen LogP contribution in [0.1, 0.15) is 18.1 Å². The van der Waals surface area contributed by atoms with E-state index in [4.69, 9.17) is 21.6 Å². The monoisotopic (exact) mass is 346 g/mol. The Labute approximate surface area is 145 Å². The van der Waals surface area contributed by atoms with Crippen LogP contribution in [-0.2, 0) is 11.3 Å². The number of likely N-dealkylation sites (N-methyl/N-ethyl adjacent to an activating group) is 1. The van der Waals surface area contributed by atoms with Crippen molar-refractivity contribution in [3.63, 3.8) is 0 Å². The van der Waals surface area contributed by atoms with Crippen LogP contribution in [0.15, 0.2) is 42.5 Å². The maximum Gasteiger partial charge on any atom is 0.263 e. The molecule has 0 N–H and O–H groups in total. The van der Waals surface area contributed by atoms with Crippen molar-refractivity contribution in [3.05, 3.63) is 64.4 Å². The molecular formula is C18H16ClFN2O2. The van der Waals surface area contributed by atoms with Crippen LogP contribution >= 0.6 is 11.6 Å². The van der Waals surface area contributed by atoms with E-state index in [1.165, 1.54) is 17.0 Å². The molecule has 4 nitrogen and oxygen atoms in total. The van der Waals surface area contributed by atoms with Crippen molar-refractivity contribution in [1.29, 1.82) is 5.26 Å². The molecule has 0 aromatic heterocycles. The summed E-state index contributed by atoms with van der Waals surface area (Å²) in [6, 6.07) is 12.9. The van der Waals surface area contributed by atoms with Gasteiger partial charge in [0.25, 0.3) is 5.91 Å². The molecule has 0 saturated carbocycles. The maximum absolute atomic E-state index is 13.8. The minimum atomic E-state index is -0.783. The molecule has 0 aliphatic rings. The molecule has 1 unspecified atom stereocenters. The second-order valence-electron chi connectivity index (χ2n) is 5.29. The van der Waals surface area contributed by atoms with Crippen LogP contribution in [0.4, 0.5) is 4.39 Å². The Hall–Kier alpha value is -2.58. The highest BCUT2D eigenvalue weighted by Crippen LogP contribution is 2.21. The van der Waals surface area contributed by atoms with E-state index in [1.54, 1.807) is 44.3 Å². The topological polar surface area (TPSA) is 53.3 Å². The van der Waals surface area contributed by atoms with Gasteiger partial charge in [-0.1, -0.05) is 23.7 Å². The van der Waals surface area contributed by atoms with E-state index in [-0.39, 0.29) is 23.0 Å². The number of carbonyl (C=O) groups excluding carboxylic acids is 1. The zero-order valence-electron chi connectivity index (χ0n) is 13.3. The lowest BCUT2D eigenvalue weighted by molar-refractivity contribution is -0.137. The van der Waals surface area contributed by atoms with Crippen LogP contribution in [0.25, 0.3) is 0 Å². The SMILES string of the molecule is CC(Oc1cccc(C#N)c1)C(=O)N(C)Cc1c(F)cccc1Cl. The molecule has 2 rings (SSSR count). The van der Waals surface area contributed by atoms with Crippen LogP contribution in [0.2, 0.25) is 5.02 Å². The smallest absolute Gasteiger partial charge is 0.263 e. The number of carbonyl (C=O) groups is 1. The quantitative estimate of drug-likeness (QED) is 0.828. The normalized spacial score (nSPS) is 11.5. The average molecular weight is 347 g/mol. The minimum absolute atomic E-state index is 0.0380. The summed E-state index contributed by atoms with van der Waals surface area (Å²) in [6.45, 7) is 1.64. The third-order valence-electron chi connectivity index (χ3n) is 3.46. The summed E-state index contributed by atoms with van der Waals surface area (Å²) >= 11 is 5.98. The van der Waals surface area contributed by atoms with Gasteiger partial charge in [0, 0.05) is 24.2 Å². The van der Waals surface area contributed by atoms with Crippen LogP contribution in [0, 0.1) is 17.1 Å². The van der Waals surface area contributed by atoms with Crippen molar-refractivity contribution in [1.82, 2.24) is 4.90 Å². The molecule has 0 spiro atoms. The summed E-state index contributed by atoms with van der Waals surface area (Å²) in [5.74, 6) is -0.360. The molecule has 2 aromatic carbocycles. The largest absolute Gasteiger partial charge is 0.481 e. The van der Waals surface area contributed by atoms with Crippen LogP contribution in [0.3, 0.4) is 0 Å². The van der Waals surface area contributed by atoms with Crippen molar-refractivity contribution in [2.45, 2.75) is 19.6 Å². The van der Waals surface area contributed by atoms with E-state index < -0.39 is 11.9 Å². The zero-order chi connectivity index (χ0) is 17.7. The highest BCUT2D eigenvalue weighted by atomic mass is 35.5. The van der Waals surface area contributed by atoms with E-state index in [1.807, 2.05) is 6.07 Å². The Morgan fingerprint density at radius 2 is 2.08 bits per heavy atom. The second kappa shape index (κ2) is 7.80. The molecule has 1 amide bonds. The fourth-order valence-corrected chi connectivity index (χ4v) is 2.43. The standard InChI is InChI=1S/C18H16ClFN2O2/c1-12(24-14-6-3-5-13(9-14)10-21)18(23)22(2)11-15-16(19)7-4-8-17(15)20/h3-9,12H,11H2,1-2H3. The fourth-order valence-electron chi connectivity index (χ4n) is 2.20. The predicted octanol–water partition coefficient (Wildman–Crippen LogP) is 3.78. The molecule has 0 aliphatic heterocycles. The third-order valence-corrected chi connectivity index (χ3v) is 3.81. The Bertz CT molecular complexity index is 769. The molecule has 1 atom stereocenters. The van der Waals surface area contributed by atoms with Gasteiger partial charge in [-0.15, -0.1) is 0 Å². The summed E-state index contributed by atoms with van der Waals surface area (Å²) in [5, 5.41) is 9.15. The minimum Gasteiger partial charge on any atom is -0.481 e. The number of nitriles is 1. The first kappa shape index (κ1) is 17.8. The van der Waals surface area contributed by atoms with Crippen molar-refractivity contribution in [2.24, 2.45) is 0 Å². The first-order chi connectivity index (χ1) is 11.4. The summed E-state index contributed by atoms with van der Waals surface area (Å²) in [5.41, 5.74) is 0.701. The summed E-state index contributed by atoms with van der Waals surface area (Å²) in [4.78, 5) is 13.7. The lowest BCUT2D eigenvalue weighted by Crippen LogP contribution is -2.37. The van der Waals surface area contributed by atoms with Gasteiger partial charge in [-0.25, -0.2) is 4.39 Å². The van der Waals surface area contributed by atoms with Gasteiger partial charge < -0.3 is 9.64 Å². The number of nitrogens with zero attached hydrogens (tertiary/aromatic N) is 2. The number of halogens is 2.